The van der Waals surface area contributed by atoms with Crippen LogP contribution in [0.3, 0.4) is 0 Å². The Morgan fingerprint density at radius 3 is 2.38 bits per heavy atom. The lowest BCUT2D eigenvalue weighted by Crippen LogP contribution is -2.40. The number of hydrogen-bond donors (Lipinski definition) is 2. The molecule has 1 heterocycles. The summed E-state index contributed by atoms with van der Waals surface area (Å²) in [4.78, 5) is 24.1. The highest BCUT2D eigenvalue weighted by atomic mass is 16.5. The van der Waals surface area contributed by atoms with E-state index in [0.29, 0.717) is 24.2 Å². The second kappa shape index (κ2) is 9.85. The van der Waals surface area contributed by atoms with E-state index in [1.165, 1.54) is 0 Å². The molecule has 0 aliphatic heterocycles. The first kappa shape index (κ1) is 21.9. The molecule has 0 saturated heterocycles. The maximum atomic E-state index is 12.6. The molecule has 2 aromatic carbocycles. The van der Waals surface area contributed by atoms with Gasteiger partial charge in [0, 0.05) is 37.1 Å². The first-order chi connectivity index (χ1) is 15.5. The number of anilines is 2. The Labute approximate surface area is 189 Å². The summed E-state index contributed by atoms with van der Waals surface area (Å²) in [7, 11) is 3.99. The third kappa shape index (κ3) is 5.10. The van der Waals surface area contributed by atoms with Gasteiger partial charge in [0.2, 0.25) is 5.95 Å². The number of benzene rings is 2. The van der Waals surface area contributed by atoms with Crippen LogP contribution in [0.5, 0.6) is 5.75 Å². The molecule has 3 aromatic rings. The van der Waals surface area contributed by atoms with Gasteiger partial charge in [0.05, 0.1) is 12.1 Å². The van der Waals surface area contributed by atoms with Gasteiger partial charge in [-0.05, 0) is 69.0 Å². The topological polar surface area (TPSA) is 79.4 Å². The van der Waals surface area contributed by atoms with Gasteiger partial charge in [0.25, 0.3) is 5.91 Å². The molecule has 1 aromatic heterocycles. The molecule has 1 amide bonds. The lowest BCUT2D eigenvalue weighted by Gasteiger charge is -2.30. The van der Waals surface area contributed by atoms with Crippen LogP contribution in [0.1, 0.15) is 43.0 Å². The number of amides is 1. The fourth-order valence-electron chi connectivity index (χ4n) is 4.17. The van der Waals surface area contributed by atoms with Gasteiger partial charge in [-0.15, -0.1) is 0 Å². The number of para-hydroxylation sites is 1. The van der Waals surface area contributed by atoms with E-state index in [-0.39, 0.29) is 11.9 Å². The maximum Gasteiger partial charge on any atom is 0.251 e. The van der Waals surface area contributed by atoms with Crippen molar-refractivity contribution in [2.24, 2.45) is 0 Å². The Morgan fingerprint density at radius 2 is 1.69 bits per heavy atom. The minimum absolute atomic E-state index is 0.0297. The standard InChI is InChI=1S/C25H31N5O2/c1-4-32-20-15-9-17(10-16-20)24(31)26-18-11-13-19(14-12-18)27-25-28-22-8-6-5-7-21(22)23(29-25)30(2)3/h5-10,15-16,18-19H,4,11-14H2,1-3H3,(H,26,31)(H,27,28,29). The largest absolute Gasteiger partial charge is 0.494 e. The van der Waals surface area contributed by atoms with Crippen LogP contribution in [0.4, 0.5) is 11.8 Å². The molecule has 1 aliphatic rings. The van der Waals surface area contributed by atoms with Crippen molar-refractivity contribution < 1.29 is 9.53 Å². The fraction of sp³-hybridized carbons (Fsp3) is 0.400. The summed E-state index contributed by atoms with van der Waals surface area (Å²) in [6, 6.07) is 15.8. The van der Waals surface area contributed by atoms with Gasteiger partial charge in [0.1, 0.15) is 11.6 Å². The second-order valence-electron chi connectivity index (χ2n) is 8.41. The number of carbonyl (C=O) groups is 1. The molecule has 1 aliphatic carbocycles. The van der Waals surface area contributed by atoms with E-state index in [0.717, 1.165) is 48.2 Å². The zero-order chi connectivity index (χ0) is 22.5. The normalized spacial score (nSPS) is 18.2. The highest BCUT2D eigenvalue weighted by Crippen LogP contribution is 2.26. The molecule has 0 unspecified atom stereocenters. The van der Waals surface area contributed by atoms with Crippen LogP contribution in [0, 0.1) is 0 Å². The molecule has 7 heteroatoms. The van der Waals surface area contributed by atoms with Crippen molar-refractivity contribution in [2.45, 2.75) is 44.7 Å². The van der Waals surface area contributed by atoms with Crippen LogP contribution in [0.15, 0.2) is 48.5 Å². The molecular weight excluding hydrogens is 402 g/mol. The van der Waals surface area contributed by atoms with E-state index in [1.807, 2.05) is 74.4 Å². The van der Waals surface area contributed by atoms with E-state index < -0.39 is 0 Å². The van der Waals surface area contributed by atoms with Gasteiger partial charge < -0.3 is 20.3 Å². The number of ether oxygens (including phenoxy) is 1. The first-order valence-electron chi connectivity index (χ1n) is 11.3. The average Bonchev–Trinajstić information content (AvgIpc) is 2.80. The van der Waals surface area contributed by atoms with E-state index in [4.69, 9.17) is 14.7 Å². The van der Waals surface area contributed by atoms with Crippen molar-refractivity contribution in [1.82, 2.24) is 15.3 Å². The van der Waals surface area contributed by atoms with E-state index in [1.54, 1.807) is 0 Å². The van der Waals surface area contributed by atoms with Crippen LogP contribution in [0.25, 0.3) is 10.9 Å². The lowest BCUT2D eigenvalue weighted by atomic mass is 9.91. The molecule has 1 saturated carbocycles. The van der Waals surface area contributed by atoms with Crippen LogP contribution in [0.2, 0.25) is 0 Å². The zero-order valence-electron chi connectivity index (χ0n) is 19.0. The third-order valence-corrected chi connectivity index (χ3v) is 5.83. The van der Waals surface area contributed by atoms with Crippen LogP contribution in [-0.4, -0.2) is 48.7 Å². The molecule has 7 nitrogen and oxygen atoms in total. The predicted molar refractivity (Wildman–Crippen MR) is 129 cm³/mol. The summed E-state index contributed by atoms with van der Waals surface area (Å²) >= 11 is 0. The number of nitrogens with zero attached hydrogens (tertiary/aromatic N) is 3. The van der Waals surface area contributed by atoms with Gasteiger partial charge in [-0.2, -0.15) is 4.98 Å². The quantitative estimate of drug-likeness (QED) is 0.580. The summed E-state index contributed by atoms with van der Waals surface area (Å²) in [5, 5.41) is 7.74. The Kier molecular flexibility index (Phi) is 6.73. The smallest absolute Gasteiger partial charge is 0.251 e. The van der Waals surface area contributed by atoms with E-state index >= 15 is 0 Å². The summed E-state index contributed by atoms with van der Waals surface area (Å²) in [6.07, 6.45) is 3.77. The van der Waals surface area contributed by atoms with Crippen molar-refractivity contribution in [2.75, 3.05) is 30.9 Å². The summed E-state index contributed by atoms with van der Waals surface area (Å²) in [5.41, 5.74) is 1.60. The Morgan fingerprint density at radius 1 is 1.00 bits per heavy atom. The SMILES string of the molecule is CCOc1ccc(C(=O)NC2CCC(Nc3nc(N(C)C)c4ccccc4n3)CC2)cc1. The molecule has 0 spiro atoms. The first-order valence-corrected chi connectivity index (χ1v) is 11.3. The number of aromatic nitrogens is 2. The highest BCUT2D eigenvalue weighted by Gasteiger charge is 2.24. The Hall–Kier alpha value is -3.35. The molecule has 1 fully saturated rings. The van der Waals surface area contributed by atoms with Crippen molar-refractivity contribution in [1.29, 1.82) is 0 Å². The molecule has 0 radical (unpaired) electrons. The van der Waals surface area contributed by atoms with Gasteiger partial charge in [-0.3, -0.25) is 4.79 Å². The fourth-order valence-corrected chi connectivity index (χ4v) is 4.17. The zero-order valence-corrected chi connectivity index (χ0v) is 19.0. The Balaban J connectivity index is 1.33. The molecule has 4 rings (SSSR count). The van der Waals surface area contributed by atoms with Crippen molar-refractivity contribution >= 4 is 28.6 Å². The molecule has 2 N–H and O–H groups in total. The minimum Gasteiger partial charge on any atom is -0.494 e. The molecule has 0 atom stereocenters. The summed E-state index contributed by atoms with van der Waals surface area (Å²) in [5.74, 6) is 2.32. The highest BCUT2D eigenvalue weighted by molar-refractivity contribution is 5.94. The van der Waals surface area contributed by atoms with Gasteiger partial charge in [0.15, 0.2) is 0 Å². The van der Waals surface area contributed by atoms with Crippen molar-refractivity contribution in [3.63, 3.8) is 0 Å². The van der Waals surface area contributed by atoms with Crippen molar-refractivity contribution in [3.8, 4) is 5.75 Å². The molecule has 0 bridgehead atoms. The number of fused-ring (bicyclic) bond motifs is 1. The van der Waals surface area contributed by atoms with Crippen LogP contribution >= 0.6 is 0 Å². The van der Waals surface area contributed by atoms with Gasteiger partial charge >= 0.3 is 0 Å². The summed E-state index contributed by atoms with van der Waals surface area (Å²) < 4.78 is 5.44. The molecular formula is C25H31N5O2. The van der Waals surface area contributed by atoms with E-state index in [9.17, 15) is 4.79 Å². The minimum atomic E-state index is -0.0297. The lowest BCUT2D eigenvalue weighted by molar-refractivity contribution is 0.0926. The van der Waals surface area contributed by atoms with E-state index in [2.05, 4.69) is 10.6 Å². The van der Waals surface area contributed by atoms with Crippen LogP contribution < -0.4 is 20.3 Å². The number of carbonyl (C=O) groups excluding carboxylic acids is 1. The second-order valence-corrected chi connectivity index (χ2v) is 8.41. The Bertz CT molecular complexity index is 1060. The maximum absolute atomic E-state index is 12.6. The molecule has 32 heavy (non-hydrogen) atoms. The monoisotopic (exact) mass is 433 g/mol. The molecule has 168 valence electrons. The van der Waals surface area contributed by atoms with Gasteiger partial charge in [-0.1, -0.05) is 12.1 Å². The number of rotatable bonds is 7. The number of hydrogen-bond acceptors (Lipinski definition) is 6. The van der Waals surface area contributed by atoms with Crippen molar-refractivity contribution in [3.05, 3.63) is 54.1 Å². The van der Waals surface area contributed by atoms with Crippen LogP contribution in [-0.2, 0) is 0 Å². The third-order valence-electron chi connectivity index (χ3n) is 5.83. The average molecular weight is 434 g/mol. The van der Waals surface area contributed by atoms with Gasteiger partial charge in [-0.25, -0.2) is 4.98 Å². The summed E-state index contributed by atoms with van der Waals surface area (Å²) in [6.45, 7) is 2.56. The number of nitrogens with one attached hydrogen (secondary N) is 2. The predicted octanol–water partition coefficient (Wildman–Crippen LogP) is 4.25.